The summed E-state index contributed by atoms with van der Waals surface area (Å²) in [6.45, 7) is 16.2. The second-order valence-corrected chi connectivity index (χ2v) is 33.1. The molecule has 0 spiro atoms. The summed E-state index contributed by atoms with van der Waals surface area (Å²) in [5.74, 6) is 0.590. The van der Waals surface area contributed by atoms with Crippen molar-refractivity contribution in [2.75, 3.05) is 0 Å². The summed E-state index contributed by atoms with van der Waals surface area (Å²) in [5, 5.41) is 24.4. The van der Waals surface area contributed by atoms with Crippen molar-refractivity contribution in [3.63, 3.8) is 0 Å². The van der Waals surface area contributed by atoms with Crippen molar-refractivity contribution in [3.05, 3.63) is 132 Å². The van der Waals surface area contributed by atoms with E-state index < -0.39 is 28.2 Å². The van der Waals surface area contributed by atoms with E-state index in [0.29, 0.717) is 16.3 Å². The van der Waals surface area contributed by atoms with E-state index in [4.69, 9.17) is 14.5 Å². The molecule has 0 N–H and O–H groups in total. The van der Waals surface area contributed by atoms with E-state index in [0.717, 1.165) is 26.6 Å². The van der Waals surface area contributed by atoms with Crippen molar-refractivity contribution in [3.8, 4) is 21.9 Å². The van der Waals surface area contributed by atoms with E-state index in [2.05, 4.69) is 107 Å². The predicted molar refractivity (Wildman–Crippen MR) is 276 cm³/mol. The Morgan fingerprint density at radius 2 is 1.08 bits per heavy atom. The van der Waals surface area contributed by atoms with Crippen LogP contribution in [0.15, 0.2) is 90.4 Å². The van der Waals surface area contributed by atoms with Crippen molar-refractivity contribution in [2.45, 2.75) is 140 Å². The molecule has 14 nitrogen and oxygen atoms in total. The minimum atomic E-state index is -2.18. The SMILES string of the molecule is C.C.CC(C)c1ncc(-c2cnc([N+](=O)[O-])c(OCc3ccncc3)c2)s1.CCC[CH2][Sn]([CH2]CCC)([CH2]CCC)[c]1cnc(C(C)C)s1.O=[N+]([O-])c1ncc(Br)cc1OCc1ccncc1. The third kappa shape index (κ3) is 18.0. The Hall–Kier alpha value is -4.46. The normalized spacial score (nSPS) is 10.8. The van der Waals surface area contributed by atoms with Gasteiger partial charge in [-0.2, -0.15) is 0 Å². The van der Waals surface area contributed by atoms with Crippen LogP contribution in [0.2, 0.25) is 13.3 Å². The number of hydrogen-bond acceptors (Lipinski definition) is 14. The minimum absolute atomic E-state index is 0. The molecule has 0 fully saturated rings. The summed E-state index contributed by atoms with van der Waals surface area (Å²) in [7, 11) is 0. The molecule has 0 aliphatic rings. The fourth-order valence-electron chi connectivity index (χ4n) is 6.53. The Morgan fingerprint density at radius 3 is 1.50 bits per heavy atom. The summed E-state index contributed by atoms with van der Waals surface area (Å²) in [6.07, 6.45) is 21.8. The van der Waals surface area contributed by atoms with E-state index in [9.17, 15) is 20.2 Å². The second-order valence-electron chi connectivity index (χ2n) is 15.8. The standard InChI is InChI=1S/C17H16N4O3S.C11H8BrN3O3.C6H8NS.3C4H9.2CH4.Sn/c1-11(2)17-20-9-15(25-17)13-7-14(16(19-8-13)21(22)23)24-10-12-3-5-18-6-4-12;12-9-5-10(11(14-6-9)15(16)17)18-7-8-1-3-13-4-2-8;1-5(2)6-7-3-4-8-6;3*1-3-4-2;;;/h3-9,11H,10H2,1-2H3;1-6H,7H2;3,5H,1-2H3;3*1,3-4H2,2H3;2*1H4;. The molecule has 0 unspecified atom stereocenters. The number of ether oxygens (including phenoxy) is 2. The van der Waals surface area contributed by atoms with Crippen LogP contribution in [0.1, 0.15) is 135 Å². The Bertz CT molecular complexity index is 2320. The fraction of sp³-hybridized carbons (Fsp3) is 0.458. The van der Waals surface area contributed by atoms with Crippen LogP contribution in [-0.2, 0) is 13.2 Å². The monoisotopic (exact) mass is 1110 g/mol. The van der Waals surface area contributed by atoms with E-state index in [-0.39, 0.29) is 51.2 Å². The zero-order chi connectivity index (χ0) is 46.5. The van der Waals surface area contributed by atoms with Crippen molar-refractivity contribution < 1.29 is 19.3 Å². The van der Waals surface area contributed by atoms with E-state index in [1.165, 1.54) is 62.0 Å². The molecule has 18 heteroatoms. The van der Waals surface area contributed by atoms with E-state index in [1.807, 2.05) is 0 Å². The first-order chi connectivity index (χ1) is 30.8. The van der Waals surface area contributed by atoms with Crippen molar-refractivity contribution in [1.29, 1.82) is 0 Å². The molecular formula is C48H67BrN8O6S2Sn. The van der Waals surface area contributed by atoms with Gasteiger partial charge in [-0.1, -0.05) is 28.7 Å². The Morgan fingerprint density at radius 1 is 0.636 bits per heavy atom. The van der Waals surface area contributed by atoms with E-state index >= 15 is 0 Å². The van der Waals surface area contributed by atoms with Crippen LogP contribution >= 0.6 is 38.6 Å². The van der Waals surface area contributed by atoms with Gasteiger partial charge in [-0.25, -0.2) is 4.98 Å². The van der Waals surface area contributed by atoms with Gasteiger partial charge in [0, 0.05) is 54.6 Å². The van der Waals surface area contributed by atoms with Gasteiger partial charge in [0.2, 0.25) is 11.5 Å². The summed E-state index contributed by atoms with van der Waals surface area (Å²) < 4.78 is 18.1. The Balaban J connectivity index is 0.000000340. The summed E-state index contributed by atoms with van der Waals surface area (Å²) in [5.41, 5.74) is 2.49. The minimum Gasteiger partial charge on any atom is -0.481 e. The molecule has 0 radical (unpaired) electrons. The third-order valence-corrected chi connectivity index (χ3v) is 31.4. The number of nitrogens with zero attached hydrogens (tertiary/aromatic N) is 8. The molecular weight excluding hydrogens is 1050 g/mol. The van der Waals surface area contributed by atoms with Gasteiger partial charge < -0.3 is 29.7 Å². The van der Waals surface area contributed by atoms with Crippen LogP contribution in [0.25, 0.3) is 10.4 Å². The predicted octanol–water partition coefficient (Wildman–Crippen LogP) is 14.5. The molecule has 0 amide bonds. The first-order valence-corrected chi connectivity index (χ1v) is 31.6. The molecule has 6 heterocycles. The van der Waals surface area contributed by atoms with Gasteiger partial charge in [0.05, 0.1) is 14.4 Å². The maximum atomic E-state index is 11.2. The van der Waals surface area contributed by atoms with Gasteiger partial charge >= 0.3 is 153 Å². The largest absolute Gasteiger partial charge is 0.481 e. The number of rotatable bonds is 21. The van der Waals surface area contributed by atoms with Gasteiger partial charge in [0.25, 0.3) is 0 Å². The molecule has 0 bridgehead atoms. The van der Waals surface area contributed by atoms with Gasteiger partial charge in [-0.3, -0.25) is 9.97 Å². The van der Waals surface area contributed by atoms with Crippen molar-refractivity contribution in [1.82, 2.24) is 29.9 Å². The number of pyridine rings is 4. The van der Waals surface area contributed by atoms with Crippen LogP contribution in [0.4, 0.5) is 11.6 Å². The summed E-state index contributed by atoms with van der Waals surface area (Å²) >= 11 is 4.64. The molecule has 0 aliphatic carbocycles. The topological polar surface area (TPSA) is 182 Å². The van der Waals surface area contributed by atoms with Crippen molar-refractivity contribution in [2.24, 2.45) is 0 Å². The maximum Gasteiger partial charge on any atom is 0.406 e. The smallest absolute Gasteiger partial charge is 0.406 e. The number of hydrogen-bond donors (Lipinski definition) is 0. The molecule has 66 heavy (non-hydrogen) atoms. The third-order valence-electron chi connectivity index (χ3n) is 10.1. The molecule has 6 rings (SSSR count). The van der Waals surface area contributed by atoms with Gasteiger partial charge in [-0.05, 0) is 71.1 Å². The van der Waals surface area contributed by atoms with Crippen LogP contribution in [-0.4, -0.2) is 58.1 Å². The van der Waals surface area contributed by atoms with Crippen LogP contribution in [0.3, 0.4) is 0 Å². The molecule has 0 aromatic carbocycles. The molecule has 6 aromatic rings. The molecule has 0 aliphatic heterocycles. The maximum absolute atomic E-state index is 11.2. The van der Waals surface area contributed by atoms with Crippen LogP contribution in [0, 0.1) is 20.2 Å². The number of halogens is 1. The molecule has 0 atom stereocenters. The summed E-state index contributed by atoms with van der Waals surface area (Å²) in [4.78, 5) is 46.4. The van der Waals surface area contributed by atoms with Gasteiger partial charge in [0.15, 0.2) is 6.20 Å². The molecule has 0 saturated heterocycles. The zero-order valence-electron chi connectivity index (χ0n) is 37.7. The molecule has 0 saturated carbocycles. The first-order valence-electron chi connectivity index (χ1n) is 21.7. The van der Waals surface area contributed by atoms with Crippen LogP contribution < -0.4 is 12.4 Å². The average Bonchev–Trinajstić information content (AvgIpc) is 4.01. The van der Waals surface area contributed by atoms with E-state index in [1.54, 1.807) is 88.9 Å². The zero-order valence-corrected chi connectivity index (χ0v) is 43.8. The number of aromatic nitrogens is 6. The number of thiazole rings is 2. The number of unbranched alkanes of at least 4 members (excludes halogenated alkanes) is 3. The quantitative estimate of drug-likeness (QED) is 0.0378. The second kappa shape index (κ2) is 30.0. The fourth-order valence-corrected chi connectivity index (χ4v) is 27.5. The average molecular weight is 1110 g/mol. The van der Waals surface area contributed by atoms with Crippen molar-refractivity contribution >= 4 is 71.5 Å². The molecule has 358 valence electrons. The summed E-state index contributed by atoms with van der Waals surface area (Å²) in [6, 6.07) is 10.3. The first kappa shape index (κ1) is 57.7. The Kier molecular flexibility index (Phi) is 26.2. The van der Waals surface area contributed by atoms with Gasteiger partial charge in [-0.15, -0.1) is 11.3 Å². The molecule has 6 aromatic heterocycles. The Labute approximate surface area is 411 Å². The number of nitro groups is 2. The van der Waals surface area contributed by atoms with Crippen LogP contribution in [0.5, 0.6) is 11.5 Å². The van der Waals surface area contributed by atoms with Gasteiger partial charge in [0.1, 0.15) is 19.4 Å².